The van der Waals surface area contributed by atoms with Crippen LogP contribution >= 0.6 is 0 Å². The highest BCUT2D eigenvalue weighted by atomic mass is 14.2. The fourth-order valence-corrected chi connectivity index (χ4v) is 1.55. The van der Waals surface area contributed by atoms with E-state index in [2.05, 4.69) is 13.8 Å². The predicted octanol–water partition coefficient (Wildman–Crippen LogP) is 4.45. The highest BCUT2D eigenvalue weighted by Crippen LogP contribution is 2.12. The molecule has 0 amide bonds. The third-order valence-corrected chi connectivity index (χ3v) is 2.51. The maximum Gasteiger partial charge on any atom is 0.0908 e. The molecule has 0 rings (SSSR count). The molecule has 1 heteroatoms. The minimum atomic E-state index is 0.570. The van der Waals surface area contributed by atoms with Gasteiger partial charge in [-0.15, -0.1) is 0 Å². The minimum Gasteiger partial charge on any atom is -0.193 e. The maximum absolute atomic E-state index is 8.35. The van der Waals surface area contributed by atoms with Gasteiger partial charge in [0.25, 0.3) is 0 Å². The monoisotopic (exact) mass is 193 g/mol. The van der Waals surface area contributed by atoms with Crippen LogP contribution in [0, 0.1) is 17.2 Å². The standard InChI is InChI=1S/C13H23N/c1-3-4-5-6-7-8-10-13(2)11-9-12-14/h9,11,13H,3-8,10H2,1-2H3/b11-9+. The third kappa shape index (κ3) is 9.32. The number of nitriles is 1. The quantitative estimate of drug-likeness (QED) is 0.412. The first kappa shape index (κ1) is 13.2. The Morgan fingerprint density at radius 3 is 2.43 bits per heavy atom. The van der Waals surface area contributed by atoms with Crippen LogP contribution in [0.25, 0.3) is 0 Å². The predicted molar refractivity (Wildman–Crippen MR) is 61.9 cm³/mol. The summed E-state index contributed by atoms with van der Waals surface area (Å²) in [6, 6.07) is 2.04. The van der Waals surface area contributed by atoms with Crippen molar-refractivity contribution < 1.29 is 0 Å². The van der Waals surface area contributed by atoms with E-state index in [1.807, 2.05) is 12.1 Å². The molecule has 0 spiro atoms. The van der Waals surface area contributed by atoms with Crippen molar-refractivity contribution in [1.29, 1.82) is 5.26 Å². The molecule has 0 aromatic rings. The summed E-state index contributed by atoms with van der Waals surface area (Å²) >= 11 is 0. The molecule has 80 valence electrons. The van der Waals surface area contributed by atoms with Gasteiger partial charge in [-0.3, -0.25) is 0 Å². The first-order valence-corrected chi connectivity index (χ1v) is 5.87. The number of rotatable bonds is 8. The molecule has 0 saturated carbocycles. The van der Waals surface area contributed by atoms with E-state index in [0.717, 1.165) is 0 Å². The molecule has 1 atom stereocenters. The van der Waals surface area contributed by atoms with Crippen LogP contribution in [0.5, 0.6) is 0 Å². The third-order valence-electron chi connectivity index (χ3n) is 2.51. The van der Waals surface area contributed by atoms with Crippen LogP contribution in [0.2, 0.25) is 0 Å². The summed E-state index contributed by atoms with van der Waals surface area (Å²) in [7, 11) is 0. The van der Waals surface area contributed by atoms with Gasteiger partial charge in [0.05, 0.1) is 6.07 Å². The van der Waals surface area contributed by atoms with Crippen molar-refractivity contribution in [3.63, 3.8) is 0 Å². The van der Waals surface area contributed by atoms with E-state index in [4.69, 9.17) is 5.26 Å². The highest BCUT2D eigenvalue weighted by Gasteiger charge is 1.96. The van der Waals surface area contributed by atoms with Crippen molar-refractivity contribution in [3.05, 3.63) is 12.2 Å². The maximum atomic E-state index is 8.35. The Balaban J connectivity index is 3.19. The van der Waals surface area contributed by atoms with Crippen molar-refractivity contribution in [3.8, 4) is 6.07 Å². The largest absolute Gasteiger partial charge is 0.193 e. The van der Waals surface area contributed by atoms with Crippen LogP contribution in [-0.4, -0.2) is 0 Å². The van der Waals surface area contributed by atoms with E-state index in [1.54, 1.807) is 6.08 Å². The molecule has 0 aromatic carbocycles. The van der Waals surface area contributed by atoms with Crippen LogP contribution in [0.4, 0.5) is 0 Å². The van der Waals surface area contributed by atoms with Crippen LogP contribution in [0.1, 0.15) is 58.8 Å². The summed E-state index contributed by atoms with van der Waals surface area (Å²) in [5.74, 6) is 0.570. The molecule has 0 bridgehead atoms. The van der Waals surface area contributed by atoms with E-state index in [0.29, 0.717) is 5.92 Å². The van der Waals surface area contributed by atoms with Gasteiger partial charge in [-0.05, 0) is 12.3 Å². The summed E-state index contributed by atoms with van der Waals surface area (Å²) in [5, 5.41) is 8.35. The Kier molecular flexibility index (Phi) is 9.74. The van der Waals surface area contributed by atoms with Crippen molar-refractivity contribution in [1.82, 2.24) is 0 Å². The Labute approximate surface area is 88.8 Å². The second kappa shape index (κ2) is 10.3. The van der Waals surface area contributed by atoms with Crippen LogP contribution in [0.15, 0.2) is 12.2 Å². The van der Waals surface area contributed by atoms with E-state index in [9.17, 15) is 0 Å². The summed E-state index contributed by atoms with van der Waals surface area (Å²) in [4.78, 5) is 0. The molecule has 0 heterocycles. The second-order valence-electron chi connectivity index (χ2n) is 4.02. The Bertz CT molecular complexity index is 176. The molecule has 1 nitrogen and oxygen atoms in total. The summed E-state index contributed by atoms with van der Waals surface area (Å²) in [5.41, 5.74) is 0. The first-order valence-electron chi connectivity index (χ1n) is 5.87. The lowest BCUT2D eigenvalue weighted by molar-refractivity contribution is 0.543. The lowest BCUT2D eigenvalue weighted by Crippen LogP contribution is -1.89. The van der Waals surface area contributed by atoms with Crippen molar-refractivity contribution in [2.45, 2.75) is 58.8 Å². The molecular weight excluding hydrogens is 170 g/mol. The molecule has 1 unspecified atom stereocenters. The van der Waals surface area contributed by atoms with Gasteiger partial charge in [-0.2, -0.15) is 5.26 Å². The Morgan fingerprint density at radius 1 is 1.14 bits per heavy atom. The molecule has 0 radical (unpaired) electrons. The van der Waals surface area contributed by atoms with Crippen molar-refractivity contribution in [2.24, 2.45) is 5.92 Å². The molecule has 0 N–H and O–H groups in total. The topological polar surface area (TPSA) is 23.8 Å². The van der Waals surface area contributed by atoms with Gasteiger partial charge in [-0.1, -0.05) is 58.4 Å². The summed E-state index contributed by atoms with van der Waals surface area (Å²) in [6.45, 7) is 4.43. The molecule has 14 heavy (non-hydrogen) atoms. The number of hydrogen-bond acceptors (Lipinski definition) is 1. The number of hydrogen-bond donors (Lipinski definition) is 0. The zero-order valence-corrected chi connectivity index (χ0v) is 9.63. The average molecular weight is 193 g/mol. The van der Waals surface area contributed by atoms with Gasteiger partial charge in [0.1, 0.15) is 0 Å². The van der Waals surface area contributed by atoms with Gasteiger partial charge in [0, 0.05) is 6.08 Å². The van der Waals surface area contributed by atoms with Crippen LogP contribution in [0.3, 0.4) is 0 Å². The lowest BCUT2D eigenvalue weighted by atomic mass is 10.0. The number of allylic oxidation sites excluding steroid dienone is 2. The fourth-order valence-electron chi connectivity index (χ4n) is 1.55. The van der Waals surface area contributed by atoms with Crippen molar-refractivity contribution in [2.75, 3.05) is 0 Å². The zero-order chi connectivity index (χ0) is 10.6. The van der Waals surface area contributed by atoms with Gasteiger partial charge >= 0.3 is 0 Å². The summed E-state index contributed by atoms with van der Waals surface area (Å²) in [6.07, 6.45) is 13.0. The molecule has 0 fully saturated rings. The van der Waals surface area contributed by atoms with Gasteiger partial charge in [0.15, 0.2) is 0 Å². The van der Waals surface area contributed by atoms with Crippen LogP contribution < -0.4 is 0 Å². The fraction of sp³-hybridized carbons (Fsp3) is 0.769. The molecule has 0 aromatic heterocycles. The SMILES string of the molecule is CCCCCCCCC(C)/C=C/C#N. The smallest absolute Gasteiger partial charge is 0.0908 e. The number of nitrogens with zero attached hydrogens (tertiary/aromatic N) is 1. The second-order valence-corrected chi connectivity index (χ2v) is 4.02. The number of unbranched alkanes of at least 4 members (excludes halogenated alkanes) is 5. The average Bonchev–Trinajstić information content (AvgIpc) is 2.20. The molecule has 0 aliphatic carbocycles. The molecule has 0 aliphatic heterocycles. The lowest BCUT2D eigenvalue weighted by Gasteiger charge is -2.04. The highest BCUT2D eigenvalue weighted by molar-refractivity contribution is 5.03. The van der Waals surface area contributed by atoms with E-state index < -0.39 is 0 Å². The molecule has 0 aliphatic rings. The van der Waals surface area contributed by atoms with Crippen molar-refractivity contribution >= 4 is 0 Å². The normalized spacial score (nSPS) is 12.9. The first-order chi connectivity index (χ1) is 6.81. The minimum absolute atomic E-state index is 0.570. The van der Waals surface area contributed by atoms with Gasteiger partial charge in [-0.25, -0.2) is 0 Å². The van der Waals surface area contributed by atoms with E-state index >= 15 is 0 Å². The van der Waals surface area contributed by atoms with Gasteiger partial charge in [0.2, 0.25) is 0 Å². The Morgan fingerprint density at radius 2 is 1.79 bits per heavy atom. The Hall–Kier alpha value is -0.770. The summed E-state index contributed by atoms with van der Waals surface area (Å²) < 4.78 is 0. The molecule has 0 saturated heterocycles. The molecular formula is C13H23N. The van der Waals surface area contributed by atoms with Crippen LogP contribution in [-0.2, 0) is 0 Å². The van der Waals surface area contributed by atoms with E-state index in [1.165, 1.54) is 44.9 Å². The van der Waals surface area contributed by atoms with Gasteiger partial charge < -0.3 is 0 Å². The zero-order valence-electron chi connectivity index (χ0n) is 9.63. The van der Waals surface area contributed by atoms with E-state index in [-0.39, 0.29) is 0 Å².